The van der Waals surface area contributed by atoms with E-state index in [0.29, 0.717) is 51.7 Å². The number of hydrogen-bond donors (Lipinski definition) is 2. The minimum Gasteiger partial charge on any atom is -0.489 e. The Hall–Kier alpha value is -7.27. The van der Waals surface area contributed by atoms with Crippen molar-refractivity contribution in [1.29, 1.82) is 0 Å². The molecule has 276 valence electrons. The van der Waals surface area contributed by atoms with Gasteiger partial charge in [-0.1, -0.05) is 60.7 Å². The lowest BCUT2D eigenvalue weighted by atomic mass is 10.0. The molecule has 2 amide bonds. The van der Waals surface area contributed by atoms with Crippen LogP contribution in [0.4, 0.5) is 11.4 Å². The van der Waals surface area contributed by atoms with Crippen molar-refractivity contribution in [3.05, 3.63) is 167 Å². The van der Waals surface area contributed by atoms with Gasteiger partial charge in [0.05, 0.1) is 30.0 Å². The third-order valence-electron chi connectivity index (χ3n) is 8.22. The molecule has 0 saturated heterocycles. The van der Waals surface area contributed by atoms with E-state index in [-0.39, 0.29) is 18.8 Å². The van der Waals surface area contributed by atoms with Gasteiger partial charge in [-0.15, -0.1) is 0 Å². The predicted molar refractivity (Wildman–Crippen MR) is 210 cm³/mol. The van der Waals surface area contributed by atoms with Crippen molar-refractivity contribution in [3.8, 4) is 22.7 Å². The van der Waals surface area contributed by atoms with Crippen molar-refractivity contribution in [2.75, 3.05) is 23.8 Å². The fourth-order valence-electron chi connectivity index (χ4n) is 5.50. The van der Waals surface area contributed by atoms with Gasteiger partial charge in [-0.3, -0.25) is 9.59 Å². The molecule has 6 rings (SSSR count). The standard InChI is InChI=1S/C44H38N4O7/c1-3-53-43(51)31-18-22-35(23-19-31)45-41(49)39(42(50)46-36-24-20-32(21-25-36)44(52)54-4-2)27-34-28-48(37-15-9-6-10-16-37)47-40(34)33-14-11-17-38(26-33)55-29-30-12-7-5-8-13-30/h5-28H,3-4,29H2,1-2H3,(H,45,49)(H,46,50). The molecule has 0 atom stereocenters. The van der Waals surface area contributed by atoms with Crippen LogP contribution in [0.1, 0.15) is 45.7 Å². The Kier molecular flexibility index (Phi) is 12.3. The highest BCUT2D eigenvalue weighted by atomic mass is 16.5. The first-order chi connectivity index (χ1) is 26.8. The third kappa shape index (κ3) is 9.79. The number of benzene rings is 5. The van der Waals surface area contributed by atoms with E-state index in [4.69, 9.17) is 19.3 Å². The summed E-state index contributed by atoms with van der Waals surface area (Å²) in [5.41, 5.74) is 4.50. The molecule has 0 aliphatic heterocycles. The van der Waals surface area contributed by atoms with E-state index >= 15 is 0 Å². The number of para-hydroxylation sites is 1. The van der Waals surface area contributed by atoms with Crippen LogP contribution in [-0.4, -0.2) is 46.7 Å². The number of esters is 2. The predicted octanol–water partition coefficient (Wildman–Crippen LogP) is 8.13. The fourth-order valence-corrected chi connectivity index (χ4v) is 5.50. The van der Waals surface area contributed by atoms with Crippen LogP contribution < -0.4 is 15.4 Å². The van der Waals surface area contributed by atoms with Gasteiger partial charge in [-0.2, -0.15) is 5.10 Å². The van der Waals surface area contributed by atoms with Crippen LogP contribution in [0.3, 0.4) is 0 Å². The number of hydrogen-bond acceptors (Lipinski definition) is 8. The molecular weight excluding hydrogens is 697 g/mol. The van der Waals surface area contributed by atoms with Crippen LogP contribution in [0.2, 0.25) is 0 Å². The van der Waals surface area contributed by atoms with Gasteiger partial charge in [0.1, 0.15) is 23.6 Å². The Labute approximate surface area is 318 Å². The van der Waals surface area contributed by atoms with Crippen LogP contribution in [0.5, 0.6) is 5.75 Å². The third-order valence-corrected chi connectivity index (χ3v) is 8.22. The Balaban J connectivity index is 1.38. The van der Waals surface area contributed by atoms with Gasteiger partial charge in [-0.25, -0.2) is 14.3 Å². The van der Waals surface area contributed by atoms with Crippen LogP contribution in [0.25, 0.3) is 23.0 Å². The second kappa shape index (κ2) is 18.0. The van der Waals surface area contributed by atoms with Gasteiger partial charge >= 0.3 is 11.9 Å². The summed E-state index contributed by atoms with van der Waals surface area (Å²) in [6.45, 7) is 4.23. The van der Waals surface area contributed by atoms with Crippen molar-refractivity contribution >= 4 is 41.2 Å². The monoisotopic (exact) mass is 734 g/mol. The lowest BCUT2D eigenvalue weighted by Crippen LogP contribution is -2.25. The zero-order chi connectivity index (χ0) is 38.6. The molecule has 0 aliphatic carbocycles. The summed E-state index contributed by atoms with van der Waals surface area (Å²) in [5, 5.41) is 10.4. The highest BCUT2D eigenvalue weighted by Gasteiger charge is 2.22. The smallest absolute Gasteiger partial charge is 0.338 e. The van der Waals surface area contributed by atoms with E-state index in [1.54, 1.807) is 49.0 Å². The number of carbonyl (C=O) groups excluding carboxylic acids is 4. The van der Waals surface area contributed by atoms with Crippen molar-refractivity contribution in [3.63, 3.8) is 0 Å². The SMILES string of the molecule is CCOC(=O)c1ccc(NC(=O)C(=Cc2cn(-c3ccccc3)nc2-c2cccc(OCc3ccccc3)c2)C(=O)Nc2ccc(C(=O)OCC)cc2)cc1. The maximum absolute atomic E-state index is 14.0. The molecule has 0 unspecified atom stereocenters. The first-order valence-corrected chi connectivity index (χ1v) is 17.6. The fraction of sp³-hybridized carbons (Fsp3) is 0.114. The molecule has 11 heteroatoms. The Morgan fingerprint density at radius 2 is 1.20 bits per heavy atom. The van der Waals surface area contributed by atoms with Gasteiger partial charge in [0.2, 0.25) is 0 Å². The minimum atomic E-state index is -0.720. The molecule has 0 fully saturated rings. The number of nitrogens with one attached hydrogen (secondary N) is 2. The molecule has 5 aromatic carbocycles. The number of carbonyl (C=O) groups is 4. The average Bonchev–Trinajstić information content (AvgIpc) is 3.65. The highest BCUT2D eigenvalue weighted by Crippen LogP contribution is 2.30. The van der Waals surface area contributed by atoms with Gasteiger partial charge < -0.3 is 24.8 Å². The van der Waals surface area contributed by atoms with Crippen LogP contribution in [0.15, 0.2) is 145 Å². The molecule has 0 aliphatic rings. The van der Waals surface area contributed by atoms with Crippen LogP contribution in [0, 0.1) is 0 Å². The summed E-state index contributed by atoms with van der Waals surface area (Å²) >= 11 is 0. The number of amides is 2. The van der Waals surface area contributed by atoms with E-state index in [0.717, 1.165) is 11.3 Å². The largest absolute Gasteiger partial charge is 0.489 e. The molecule has 0 saturated carbocycles. The topological polar surface area (TPSA) is 138 Å². The summed E-state index contributed by atoms with van der Waals surface area (Å²) < 4.78 is 17.9. The molecule has 0 radical (unpaired) electrons. The maximum atomic E-state index is 14.0. The molecule has 11 nitrogen and oxygen atoms in total. The van der Waals surface area contributed by atoms with E-state index in [2.05, 4.69) is 10.6 Å². The zero-order valence-electron chi connectivity index (χ0n) is 30.2. The number of rotatable bonds is 14. The Morgan fingerprint density at radius 1 is 0.655 bits per heavy atom. The molecule has 2 N–H and O–H groups in total. The van der Waals surface area contributed by atoms with Crippen molar-refractivity contribution in [1.82, 2.24) is 9.78 Å². The second-order valence-corrected chi connectivity index (χ2v) is 12.1. The van der Waals surface area contributed by atoms with Crippen molar-refractivity contribution in [2.24, 2.45) is 0 Å². The maximum Gasteiger partial charge on any atom is 0.338 e. The lowest BCUT2D eigenvalue weighted by molar-refractivity contribution is -0.118. The molecule has 0 bridgehead atoms. The van der Waals surface area contributed by atoms with Crippen molar-refractivity contribution in [2.45, 2.75) is 20.5 Å². The zero-order valence-corrected chi connectivity index (χ0v) is 30.2. The van der Waals surface area contributed by atoms with Crippen LogP contribution >= 0.6 is 0 Å². The van der Waals surface area contributed by atoms with Gasteiger partial charge in [0.15, 0.2) is 0 Å². The van der Waals surface area contributed by atoms with E-state index in [1.165, 1.54) is 30.3 Å². The van der Waals surface area contributed by atoms with E-state index < -0.39 is 23.8 Å². The molecule has 1 aromatic heterocycles. The highest BCUT2D eigenvalue weighted by molar-refractivity contribution is 6.29. The normalized spacial score (nSPS) is 10.5. The second-order valence-electron chi connectivity index (χ2n) is 12.1. The van der Waals surface area contributed by atoms with Gasteiger partial charge in [0.25, 0.3) is 11.8 Å². The quantitative estimate of drug-likeness (QED) is 0.0495. The van der Waals surface area contributed by atoms with Gasteiger partial charge in [-0.05, 0) is 98.3 Å². The summed E-state index contributed by atoms with van der Waals surface area (Å²) in [7, 11) is 0. The molecular formula is C44H38N4O7. The summed E-state index contributed by atoms with van der Waals surface area (Å²) in [5.74, 6) is -1.82. The average molecular weight is 735 g/mol. The van der Waals surface area contributed by atoms with Gasteiger partial charge in [0, 0.05) is 28.7 Å². The summed E-state index contributed by atoms with van der Waals surface area (Å²) in [6.07, 6.45) is 3.22. The first kappa shape index (κ1) is 37.5. The lowest BCUT2D eigenvalue weighted by Gasteiger charge is -2.12. The number of ether oxygens (including phenoxy) is 3. The molecule has 1 heterocycles. The first-order valence-electron chi connectivity index (χ1n) is 17.6. The van der Waals surface area contributed by atoms with E-state index in [1.807, 2.05) is 84.9 Å². The van der Waals surface area contributed by atoms with Crippen LogP contribution in [-0.2, 0) is 25.7 Å². The molecule has 55 heavy (non-hydrogen) atoms. The van der Waals surface area contributed by atoms with Crippen molar-refractivity contribution < 1.29 is 33.4 Å². The summed E-state index contributed by atoms with van der Waals surface area (Å²) in [6, 6.07) is 39.0. The Morgan fingerprint density at radius 3 is 1.75 bits per heavy atom. The molecule has 0 spiro atoms. The number of aromatic nitrogens is 2. The number of anilines is 2. The Bertz CT molecular complexity index is 2220. The van der Waals surface area contributed by atoms with E-state index in [9.17, 15) is 19.2 Å². The summed E-state index contributed by atoms with van der Waals surface area (Å²) in [4.78, 5) is 52.5. The number of nitrogens with zero attached hydrogens (tertiary/aromatic N) is 2. The minimum absolute atomic E-state index is 0.222. The molecule has 6 aromatic rings.